The van der Waals surface area contributed by atoms with Crippen LogP contribution >= 0.6 is 34.0 Å². The van der Waals surface area contributed by atoms with Crippen LogP contribution in [0.5, 0.6) is 0 Å². The lowest BCUT2D eigenvalue weighted by molar-refractivity contribution is 0.183. The summed E-state index contributed by atoms with van der Waals surface area (Å²) < 4.78 is 4.41. The zero-order chi connectivity index (χ0) is 21.0. The summed E-state index contributed by atoms with van der Waals surface area (Å²) in [6, 6.07) is 13.4. The first kappa shape index (κ1) is 20.4. The molecule has 0 amide bonds. The summed E-state index contributed by atoms with van der Waals surface area (Å²) in [5, 5.41) is 8.23. The van der Waals surface area contributed by atoms with Gasteiger partial charge in [0, 0.05) is 70.9 Å². The number of hydrogen-bond donors (Lipinski definition) is 0. The molecular formula is C23H23N5S3. The summed E-state index contributed by atoms with van der Waals surface area (Å²) in [7, 11) is 0. The molecule has 0 aliphatic heterocycles. The molecule has 0 saturated heterocycles. The summed E-state index contributed by atoms with van der Waals surface area (Å²) in [4.78, 5) is 13.0. The molecule has 0 aromatic carbocycles. The van der Waals surface area contributed by atoms with E-state index in [-0.39, 0.29) is 0 Å². The van der Waals surface area contributed by atoms with Gasteiger partial charge in [-0.1, -0.05) is 6.07 Å². The number of aromatic nitrogens is 4. The van der Waals surface area contributed by atoms with Gasteiger partial charge in [-0.05, 0) is 49.1 Å². The Kier molecular flexibility index (Phi) is 6.13. The summed E-state index contributed by atoms with van der Waals surface area (Å²) in [6.45, 7) is 4.03. The van der Waals surface area contributed by atoms with E-state index in [4.69, 9.17) is 0 Å². The number of hydrogen-bond acceptors (Lipinski definition) is 6. The lowest BCUT2D eigenvalue weighted by atomic mass is 10.1. The van der Waals surface area contributed by atoms with Crippen molar-refractivity contribution in [3.8, 4) is 10.3 Å². The fourth-order valence-corrected chi connectivity index (χ4v) is 5.91. The van der Waals surface area contributed by atoms with Crippen LogP contribution in [0.15, 0.2) is 77.3 Å². The van der Waals surface area contributed by atoms with Gasteiger partial charge < -0.3 is 0 Å². The van der Waals surface area contributed by atoms with Crippen molar-refractivity contribution in [1.82, 2.24) is 24.0 Å². The van der Waals surface area contributed by atoms with Crippen LogP contribution in [0, 0.1) is 0 Å². The second-order valence-corrected chi connectivity index (χ2v) is 10.2. The van der Waals surface area contributed by atoms with E-state index in [1.807, 2.05) is 34.5 Å². The van der Waals surface area contributed by atoms with Crippen molar-refractivity contribution in [1.29, 1.82) is 0 Å². The molecule has 158 valence electrons. The average Bonchev–Trinajstić information content (AvgIpc) is 3.59. The maximum absolute atomic E-state index is 4.51. The number of thiophene rings is 1. The molecule has 0 aliphatic rings. The Bertz CT molecular complexity index is 1110. The van der Waals surface area contributed by atoms with Crippen LogP contribution in [0.25, 0.3) is 10.3 Å². The Labute approximate surface area is 193 Å². The first-order valence-corrected chi connectivity index (χ1v) is 12.8. The van der Waals surface area contributed by atoms with Gasteiger partial charge in [-0.2, -0.15) is 0 Å². The van der Waals surface area contributed by atoms with E-state index in [0.29, 0.717) is 6.04 Å². The molecule has 5 rings (SSSR count). The molecular weight excluding hydrogens is 442 g/mol. The molecule has 1 unspecified atom stereocenters. The van der Waals surface area contributed by atoms with Crippen LogP contribution in [-0.2, 0) is 19.5 Å². The van der Waals surface area contributed by atoms with E-state index >= 15 is 0 Å². The fraction of sp³-hybridized carbons (Fsp3) is 0.217. The lowest BCUT2D eigenvalue weighted by Crippen LogP contribution is -2.34. The lowest BCUT2D eigenvalue weighted by Gasteiger charge is -2.29. The standard InChI is InChI=1S/C23H23N5S3/c1-18(15-21-7-4-12-29-21)26(16-19-5-2-10-27(19)22-24-8-13-30-22)17-20-6-3-11-28(20)23-25-9-14-31-23/h2-14,18H,15-17H2,1H3. The minimum absolute atomic E-state index is 0.387. The molecule has 0 radical (unpaired) electrons. The fourth-order valence-electron chi connectivity index (χ4n) is 3.77. The van der Waals surface area contributed by atoms with Gasteiger partial charge in [0.2, 0.25) is 0 Å². The van der Waals surface area contributed by atoms with Gasteiger partial charge >= 0.3 is 0 Å². The van der Waals surface area contributed by atoms with E-state index in [9.17, 15) is 0 Å². The van der Waals surface area contributed by atoms with Crippen LogP contribution in [0.1, 0.15) is 23.2 Å². The summed E-state index contributed by atoms with van der Waals surface area (Å²) in [5.41, 5.74) is 2.50. The first-order chi connectivity index (χ1) is 15.3. The third kappa shape index (κ3) is 4.57. The normalized spacial score (nSPS) is 12.6. The molecule has 0 spiro atoms. The van der Waals surface area contributed by atoms with E-state index in [0.717, 1.165) is 29.8 Å². The molecule has 1 atom stereocenters. The van der Waals surface area contributed by atoms with Crippen molar-refractivity contribution in [3.63, 3.8) is 0 Å². The van der Waals surface area contributed by atoms with E-state index in [1.54, 1.807) is 22.7 Å². The van der Waals surface area contributed by atoms with Gasteiger partial charge in [0.05, 0.1) is 0 Å². The highest BCUT2D eigenvalue weighted by atomic mass is 32.1. The van der Waals surface area contributed by atoms with Gasteiger partial charge in [0.1, 0.15) is 0 Å². The Balaban J connectivity index is 1.43. The highest BCUT2D eigenvalue weighted by Crippen LogP contribution is 2.23. The molecule has 5 heterocycles. The van der Waals surface area contributed by atoms with Crippen LogP contribution in [0.3, 0.4) is 0 Å². The van der Waals surface area contributed by atoms with Gasteiger partial charge in [-0.15, -0.1) is 34.0 Å². The smallest absolute Gasteiger partial charge is 0.193 e. The number of thiazole rings is 2. The molecule has 8 heteroatoms. The monoisotopic (exact) mass is 465 g/mol. The molecule has 0 saturated carbocycles. The minimum Gasteiger partial charge on any atom is -0.296 e. The van der Waals surface area contributed by atoms with Crippen LogP contribution in [-0.4, -0.2) is 30.0 Å². The first-order valence-electron chi connectivity index (χ1n) is 10.2. The topological polar surface area (TPSA) is 38.9 Å². The van der Waals surface area contributed by atoms with Gasteiger partial charge in [0.25, 0.3) is 0 Å². The van der Waals surface area contributed by atoms with Gasteiger partial charge in [-0.3, -0.25) is 14.0 Å². The maximum Gasteiger partial charge on any atom is 0.193 e. The van der Waals surface area contributed by atoms with Crippen molar-refractivity contribution in [2.45, 2.75) is 32.5 Å². The minimum atomic E-state index is 0.387. The van der Waals surface area contributed by atoms with Crippen molar-refractivity contribution < 1.29 is 0 Å². The second-order valence-electron chi connectivity index (χ2n) is 7.41. The molecule has 5 nitrogen and oxygen atoms in total. The summed E-state index contributed by atoms with van der Waals surface area (Å²) in [5.74, 6) is 0. The molecule has 0 N–H and O–H groups in total. The van der Waals surface area contributed by atoms with Crippen molar-refractivity contribution in [3.05, 3.63) is 93.6 Å². The van der Waals surface area contributed by atoms with Gasteiger partial charge in [-0.25, -0.2) is 9.97 Å². The molecule has 5 aromatic rings. The number of rotatable bonds is 9. The van der Waals surface area contributed by atoms with E-state index < -0.39 is 0 Å². The Morgan fingerprint density at radius 3 is 1.90 bits per heavy atom. The Morgan fingerprint density at radius 2 is 1.42 bits per heavy atom. The molecule has 5 aromatic heterocycles. The predicted molar refractivity (Wildman–Crippen MR) is 130 cm³/mol. The van der Waals surface area contributed by atoms with Gasteiger partial charge in [0.15, 0.2) is 10.3 Å². The summed E-state index contributed by atoms with van der Waals surface area (Å²) in [6.07, 6.45) is 8.97. The van der Waals surface area contributed by atoms with E-state index in [2.05, 4.69) is 85.1 Å². The highest BCUT2D eigenvalue weighted by molar-refractivity contribution is 7.12. The highest BCUT2D eigenvalue weighted by Gasteiger charge is 2.20. The molecule has 0 aliphatic carbocycles. The quantitative estimate of drug-likeness (QED) is 0.273. The SMILES string of the molecule is CC(Cc1cccs1)N(Cc1cccn1-c1nccs1)Cc1cccn1-c1nccs1. The Morgan fingerprint density at radius 1 is 0.806 bits per heavy atom. The van der Waals surface area contributed by atoms with Crippen molar-refractivity contribution in [2.24, 2.45) is 0 Å². The molecule has 0 bridgehead atoms. The Hall–Kier alpha value is -2.52. The van der Waals surface area contributed by atoms with Crippen LogP contribution in [0.2, 0.25) is 0 Å². The largest absolute Gasteiger partial charge is 0.296 e. The third-order valence-corrected chi connectivity index (χ3v) is 7.79. The third-order valence-electron chi connectivity index (χ3n) is 5.35. The van der Waals surface area contributed by atoms with E-state index in [1.165, 1.54) is 16.3 Å². The zero-order valence-corrected chi connectivity index (χ0v) is 19.6. The van der Waals surface area contributed by atoms with Crippen molar-refractivity contribution in [2.75, 3.05) is 0 Å². The van der Waals surface area contributed by atoms with Crippen LogP contribution in [0.4, 0.5) is 0 Å². The van der Waals surface area contributed by atoms with Crippen molar-refractivity contribution >= 4 is 34.0 Å². The summed E-state index contributed by atoms with van der Waals surface area (Å²) >= 11 is 5.16. The zero-order valence-electron chi connectivity index (χ0n) is 17.2. The average molecular weight is 466 g/mol. The van der Waals surface area contributed by atoms with Crippen LogP contribution < -0.4 is 0 Å². The number of nitrogens with zero attached hydrogens (tertiary/aromatic N) is 5. The molecule has 31 heavy (non-hydrogen) atoms. The molecule has 0 fully saturated rings. The predicted octanol–water partition coefficient (Wildman–Crippen LogP) is 5.88. The second kappa shape index (κ2) is 9.32. The maximum atomic E-state index is 4.51.